The maximum atomic E-state index is 4.60. The molecule has 1 fully saturated rings. The molecule has 2 unspecified atom stereocenters. The molecule has 0 aliphatic carbocycles. The van der Waals surface area contributed by atoms with Crippen LogP contribution in [0.25, 0.3) is 0 Å². The fraction of sp³-hybridized carbons (Fsp3) is 0.800. The number of hydrogen-bond acceptors (Lipinski definition) is 3. The van der Waals surface area contributed by atoms with Gasteiger partial charge in [-0.15, -0.1) is 0 Å². The fourth-order valence-corrected chi connectivity index (χ4v) is 3.68. The molecular formula is C15H27BrN4. The minimum atomic E-state index is 0.579. The van der Waals surface area contributed by atoms with Crippen LogP contribution in [-0.2, 0) is 20.0 Å². The highest BCUT2D eigenvalue weighted by atomic mass is 79.9. The maximum absolute atomic E-state index is 4.60. The average Bonchev–Trinajstić information content (AvgIpc) is 2.70. The van der Waals surface area contributed by atoms with Gasteiger partial charge in [0.15, 0.2) is 0 Å². The summed E-state index contributed by atoms with van der Waals surface area (Å²) >= 11 is 3.73. The molecule has 4 nitrogen and oxygen atoms in total. The van der Waals surface area contributed by atoms with E-state index in [1.165, 1.54) is 23.0 Å². The number of nitrogens with zero attached hydrogens (tertiary/aromatic N) is 3. The van der Waals surface area contributed by atoms with Crippen molar-refractivity contribution in [2.45, 2.75) is 58.7 Å². The van der Waals surface area contributed by atoms with Gasteiger partial charge in [-0.1, -0.05) is 20.3 Å². The van der Waals surface area contributed by atoms with E-state index in [1.807, 2.05) is 4.68 Å². The Morgan fingerprint density at radius 1 is 1.40 bits per heavy atom. The Balaban J connectivity index is 2.09. The van der Waals surface area contributed by atoms with Crippen LogP contribution in [0.15, 0.2) is 4.47 Å². The first-order chi connectivity index (χ1) is 9.56. The van der Waals surface area contributed by atoms with Crippen molar-refractivity contribution in [2.75, 3.05) is 13.1 Å². The summed E-state index contributed by atoms with van der Waals surface area (Å²) < 4.78 is 3.23. The van der Waals surface area contributed by atoms with Crippen LogP contribution in [-0.4, -0.2) is 39.9 Å². The first-order valence-corrected chi connectivity index (χ1v) is 8.53. The van der Waals surface area contributed by atoms with Crippen molar-refractivity contribution in [1.29, 1.82) is 0 Å². The number of aryl methyl sites for hydroxylation is 2. The van der Waals surface area contributed by atoms with E-state index in [4.69, 9.17) is 0 Å². The molecule has 1 N–H and O–H groups in total. The van der Waals surface area contributed by atoms with Crippen molar-refractivity contribution in [1.82, 2.24) is 20.0 Å². The minimum Gasteiger partial charge on any atom is -0.311 e. The highest BCUT2D eigenvalue weighted by Gasteiger charge is 2.26. The van der Waals surface area contributed by atoms with Gasteiger partial charge < -0.3 is 5.32 Å². The fourth-order valence-electron chi connectivity index (χ4n) is 2.94. The summed E-state index contributed by atoms with van der Waals surface area (Å²) in [5.74, 6) is 0. The molecule has 5 heteroatoms. The molecule has 2 heterocycles. The smallest absolute Gasteiger partial charge is 0.0767 e. The predicted molar refractivity (Wildman–Crippen MR) is 86.9 cm³/mol. The van der Waals surface area contributed by atoms with E-state index in [2.05, 4.69) is 59.1 Å². The molecule has 0 spiro atoms. The van der Waals surface area contributed by atoms with Gasteiger partial charge in [0.2, 0.25) is 0 Å². The van der Waals surface area contributed by atoms with Gasteiger partial charge in [0.05, 0.1) is 15.9 Å². The summed E-state index contributed by atoms with van der Waals surface area (Å²) in [5, 5.41) is 8.26. The minimum absolute atomic E-state index is 0.579. The van der Waals surface area contributed by atoms with Crippen molar-refractivity contribution in [2.24, 2.45) is 7.05 Å². The molecule has 0 amide bonds. The first-order valence-electron chi connectivity index (χ1n) is 7.74. The van der Waals surface area contributed by atoms with Crippen LogP contribution in [0.5, 0.6) is 0 Å². The van der Waals surface area contributed by atoms with Gasteiger partial charge in [-0.3, -0.25) is 9.58 Å². The van der Waals surface area contributed by atoms with Gasteiger partial charge in [0.25, 0.3) is 0 Å². The van der Waals surface area contributed by atoms with Crippen LogP contribution < -0.4 is 5.32 Å². The third-order valence-electron chi connectivity index (χ3n) is 4.27. The second-order valence-corrected chi connectivity index (χ2v) is 6.65. The lowest BCUT2D eigenvalue weighted by atomic mass is 10.1. The first kappa shape index (κ1) is 16.0. The number of rotatable bonds is 5. The summed E-state index contributed by atoms with van der Waals surface area (Å²) in [4.78, 5) is 2.58. The van der Waals surface area contributed by atoms with Gasteiger partial charge in [0.1, 0.15) is 0 Å². The molecular weight excluding hydrogens is 316 g/mol. The van der Waals surface area contributed by atoms with E-state index in [-0.39, 0.29) is 0 Å². The van der Waals surface area contributed by atoms with Gasteiger partial charge >= 0.3 is 0 Å². The highest BCUT2D eigenvalue weighted by molar-refractivity contribution is 9.10. The standard InChI is InChI=1S/C15H27BrN4/c1-5-7-12-9-20(11(3)8-17-12)10-14-15(16)13(6-2)18-19(14)4/h11-12,17H,5-10H2,1-4H3. The highest BCUT2D eigenvalue weighted by Crippen LogP contribution is 2.24. The van der Waals surface area contributed by atoms with Gasteiger partial charge in [0, 0.05) is 38.8 Å². The summed E-state index contributed by atoms with van der Waals surface area (Å²) in [6.07, 6.45) is 3.48. The summed E-state index contributed by atoms with van der Waals surface area (Å²) in [7, 11) is 2.05. The van der Waals surface area contributed by atoms with Crippen molar-refractivity contribution in [3.8, 4) is 0 Å². The van der Waals surface area contributed by atoms with Crippen LogP contribution in [0.1, 0.15) is 45.0 Å². The number of piperazine rings is 1. The average molecular weight is 343 g/mol. The van der Waals surface area contributed by atoms with Crippen LogP contribution in [0.4, 0.5) is 0 Å². The molecule has 2 rings (SSSR count). The summed E-state index contributed by atoms with van der Waals surface area (Å²) in [6, 6.07) is 1.21. The Morgan fingerprint density at radius 2 is 2.15 bits per heavy atom. The van der Waals surface area contributed by atoms with E-state index in [1.54, 1.807) is 0 Å². The molecule has 1 aromatic heterocycles. The third-order valence-corrected chi connectivity index (χ3v) is 5.19. The number of hydrogen-bond donors (Lipinski definition) is 1. The third kappa shape index (κ3) is 3.43. The van der Waals surface area contributed by atoms with E-state index >= 15 is 0 Å². The maximum Gasteiger partial charge on any atom is 0.0767 e. The van der Waals surface area contributed by atoms with Crippen LogP contribution in [0, 0.1) is 0 Å². The lowest BCUT2D eigenvalue weighted by Gasteiger charge is -2.38. The summed E-state index contributed by atoms with van der Waals surface area (Å²) in [6.45, 7) is 9.92. The Hall–Kier alpha value is -0.390. The molecule has 114 valence electrons. The Labute approximate surface area is 131 Å². The second-order valence-electron chi connectivity index (χ2n) is 5.86. The van der Waals surface area contributed by atoms with E-state index < -0.39 is 0 Å². The van der Waals surface area contributed by atoms with Crippen molar-refractivity contribution >= 4 is 15.9 Å². The molecule has 2 atom stereocenters. The van der Waals surface area contributed by atoms with Crippen molar-refractivity contribution in [3.05, 3.63) is 15.9 Å². The van der Waals surface area contributed by atoms with Gasteiger partial charge in [-0.05, 0) is 35.7 Å². The Morgan fingerprint density at radius 3 is 2.75 bits per heavy atom. The van der Waals surface area contributed by atoms with Crippen molar-refractivity contribution < 1.29 is 0 Å². The number of nitrogens with one attached hydrogen (secondary N) is 1. The molecule has 0 saturated carbocycles. The molecule has 1 aliphatic heterocycles. The Bertz CT molecular complexity index is 443. The zero-order chi connectivity index (χ0) is 14.7. The van der Waals surface area contributed by atoms with E-state index in [0.29, 0.717) is 12.1 Å². The van der Waals surface area contributed by atoms with E-state index in [0.717, 1.165) is 31.7 Å². The zero-order valence-corrected chi connectivity index (χ0v) is 14.7. The molecule has 1 saturated heterocycles. The lowest BCUT2D eigenvalue weighted by Crippen LogP contribution is -2.54. The largest absolute Gasteiger partial charge is 0.311 e. The van der Waals surface area contributed by atoms with Gasteiger partial charge in [-0.25, -0.2) is 0 Å². The second kappa shape index (κ2) is 7.05. The monoisotopic (exact) mass is 342 g/mol. The van der Waals surface area contributed by atoms with Crippen LogP contribution in [0.2, 0.25) is 0 Å². The quantitative estimate of drug-likeness (QED) is 0.892. The Kier molecular flexibility index (Phi) is 5.64. The summed E-state index contributed by atoms with van der Waals surface area (Å²) in [5.41, 5.74) is 2.46. The molecule has 1 aliphatic rings. The van der Waals surface area contributed by atoms with Gasteiger partial charge in [-0.2, -0.15) is 5.10 Å². The molecule has 0 aromatic carbocycles. The number of aromatic nitrogens is 2. The SMILES string of the molecule is CCCC1CN(Cc2c(Br)c(CC)nn2C)C(C)CN1. The molecule has 20 heavy (non-hydrogen) atoms. The van der Waals surface area contributed by atoms with E-state index in [9.17, 15) is 0 Å². The zero-order valence-electron chi connectivity index (χ0n) is 13.1. The molecule has 0 radical (unpaired) electrons. The predicted octanol–water partition coefficient (Wildman–Crippen LogP) is 2.71. The molecule has 1 aromatic rings. The topological polar surface area (TPSA) is 33.1 Å². The lowest BCUT2D eigenvalue weighted by molar-refractivity contribution is 0.126. The normalized spacial score (nSPS) is 24.2. The molecule has 0 bridgehead atoms. The van der Waals surface area contributed by atoms with Crippen LogP contribution in [0.3, 0.4) is 0 Å². The van der Waals surface area contributed by atoms with Crippen molar-refractivity contribution in [3.63, 3.8) is 0 Å². The van der Waals surface area contributed by atoms with Crippen LogP contribution >= 0.6 is 15.9 Å². The number of halogens is 1.